The molecule has 1 saturated heterocycles. The van der Waals surface area contributed by atoms with Crippen molar-refractivity contribution in [3.05, 3.63) is 23.8 Å². The van der Waals surface area contributed by atoms with Crippen molar-refractivity contribution in [2.75, 3.05) is 33.0 Å². The summed E-state index contributed by atoms with van der Waals surface area (Å²) in [7, 11) is 0. The molecule has 1 unspecified atom stereocenters. The quantitative estimate of drug-likeness (QED) is 0.835. The Morgan fingerprint density at radius 1 is 1.19 bits per heavy atom. The fourth-order valence-electron chi connectivity index (χ4n) is 4.13. The molecule has 144 valence electrons. The van der Waals surface area contributed by atoms with Crippen LogP contribution in [0.25, 0.3) is 0 Å². The minimum Gasteiger partial charge on any atom is -0.454 e. The third kappa shape index (κ3) is 3.92. The molecule has 4 rings (SSSR count). The Hall–Kier alpha value is -1.50. The second-order valence-electron chi connectivity index (χ2n) is 7.19. The van der Waals surface area contributed by atoms with Crippen LogP contribution in [0.15, 0.2) is 18.2 Å². The van der Waals surface area contributed by atoms with Crippen molar-refractivity contribution in [3.63, 3.8) is 0 Å². The fraction of sp³-hybridized carbons (Fsp3) is 0.632. The lowest BCUT2D eigenvalue weighted by Gasteiger charge is -2.38. The highest BCUT2D eigenvalue weighted by Crippen LogP contribution is 2.43. The zero-order valence-corrected chi connectivity index (χ0v) is 15.7. The highest BCUT2D eigenvalue weighted by molar-refractivity contribution is 5.85. The van der Waals surface area contributed by atoms with Gasteiger partial charge < -0.3 is 24.8 Å². The van der Waals surface area contributed by atoms with Gasteiger partial charge in [-0.05, 0) is 30.5 Å². The third-order valence-electron chi connectivity index (χ3n) is 5.62. The van der Waals surface area contributed by atoms with Crippen molar-refractivity contribution >= 4 is 18.3 Å². The van der Waals surface area contributed by atoms with Crippen molar-refractivity contribution in [3.8, 4) is 11.5 Å². The summed E-state index contributed by atoms with van der Waals surface area (Å²) in [5, 5.41) is 6.36. The van der Waals surface area contributed by atoms with E-state index in [0.717, 1.165) is 30.9 Å². The average molecular weight is 383 g/mol. The van der Waals surface area contributed by atoms with Crippen LogP contribution in [-0.2, 0) is 14.9 Å². The number of hydrogen-bond donors (Lipinski definition) is 2. The number of carbonyl (C=O) groups excluding carboxylic acids is 1. The number of rotatable bonds is 4. The van der Waals surface area contributed by atoms with E-state index in [1.165, 1.54) is 24.8 Å². The number of halogens is 1. The predicted molar refractivity (Wildman–Crippen MR) is 100 cm³/mol. The van der Waals surface area contributed by atoms with Crippen molar-refractivity contribution in [1.29, 1.82) is 0 Å². The van der Waals surface area contributed by atoms with Gasteiger partial charge >= 0.3 is 0 Å². The minimum atomic E-state index is -0.383. The molecule has 2 N–H and O–H groups in total. The van der Waals surface area contributed by atoms with Crippen LogP contribution in [0, 0.1) is 0 Å². The summed E-state index contributed by atoms with van der Waals surface area (Å²) in [6.45, 7) is 2.92. The molecule has 6 nitrogen and oxygen atoms in total. The highest BCUT2D eigenvalue weighted by Gasteiger charge is 2.36. The van der Waals surface area contributed by atoms with E-state index >= 15 is 0 Å². The van der Waals surface area contributed by atoms with Gasteiger partial charge in [-0.25, -0.2) is 0 Å². The van der Waals surface area contributed by atoms with Gasteiger partial charge in [-0.3, -0.25) is 4.79 Å². The summed E-state index contributed by atoms with van der Waals surface area (Å²) in [5.41, 5.74) is 1.20. The van der Waals surface area contributed by atoms with E-state index in [1.807, 2.05) is 6.07 Å². The first-order valence-electron chi connectivity index (χ1n) is 9.27. The van der Waals surface area contributed by atoms with E-state index in [9.17, 15) is 4.79 Å². The first-order valence-corrected chi connectivity index (χ1v) is 9.27. The lowest BCUT2D eigenvalue weighted by molar-refractivity contribution is -0.134. The Morgan fingerprint density at radius 2 is 2.00 bits per heavy atom. The number of benzene rings is 1. The van der Waals surface area contributed by atoms with Crippen LogP contribution in [0.3, 0.4) is 0 Å². The van der Waals surface area contributed by atoms with Gasteiger partial charge in [-0.2, -0.15) is 0 Å². The third-order valence-corrected chi connectivity index (χ3v) is 5.62. The summed E-state index contributed by atoms with van der Waals surface area (Å²) < 4.78 is 16.6. The number of ether oxygens (including phenoxy) is 3. The van der Waals surface area contributed by atoms with Crippen LogP contribution in [0.5, 0.6) is 11.5 Å². The molecule has 3 aliphatic rings. The molecule has 1 aromatic rings. The molecule has 0 bridgehead atoms. The number of fused-ring (bicyclic) bond motifs is 1. The molecule has 1 atom stereocenters. The maximum Gasteiger partial charge on any atom is 0.250 e. The molecule has 1 aromatic carbocycles. The monoisotopic (exact) mass is 382 g/mol. The van der Waals surface area contributed by atoms with Crippen LogP contribution >= 0.6 is 12.4 Å². The first kappa shape index (κ1) is 19.3. The Bertz CT molecular complexity index is 628. The molecule has 0 spiro atoms. The van der Waals surface area contributed by atoms with E-state index in [1.54, 1.807) is 0 Å². The molecular weight excluding hydrogens is 356 g/mol. The van der Waals surface area contributed by atoms with Crippen LogP contribution in [0.4, 0.5) is 0 Å². The normalized spacial score (nSPS) is 23.8. The molecule has 7 heteroatoms. The molecule has 2 heterocycles. The van der Waals surface area contributed by atoms with Crippen molar-refractivity contribution < 1.29 is 19.0 Å². The van der Waals surface area contributed by atoms with Crippen LogP contribution in [-0.4, -0.2) is 45.0 Å². The van der Waals surface area contributed by atoms with E-state index in [2.05, 4.69) is 22.8 Å². The summed E-state index contributed by atoms with van der Waals surface area (Å²) in [6.07, 6.45) is 5.41. The van der Waals surface area contributed by atoms with Gasteiger partial charge in [0.05, 0.1) is 6.61 Å². The Labute approximate surface area is 160 Å². The first-order chi connectivity index (χ1) is 12.3. The predicted octanol–water partition coefficient (Wildman–Crippen LogP) is 2.14. The number of nitrogens with one attached hydrogen (secondary N) is 2. The Kier molecular flexibility index (Phi) is 6.27. The SMILES string of the molecule is Cl.O=C(NCC1(c2ccc3c(c2)OCO3)CCCCC1)C1CNCCO1. The average Bonchev–Trinajstić information content (AvgIpc) is 3.15. The van der Waals surface area contributed by atoms with Crippen LogP contribution in [0.2, 0.25) is 0 Å². The smallest absolute Gasteiger partial charge is 0.250 e. The molecule has 2 aliphatic heterocycles. The van der Waals surface area contributed by atoms with Crippen LogP contribution < -0.4 is 20.1 Å². The second-order valence-corrected chi connectivity index (χ2v) is 7.19. The van der Waals surface area contributed by atoms with Gasteiger partial charge in [-0.15, -0.1) is 12.4 Å². The molecule has 0 radical (unpaired) electrons. The topological polar surface area (TPSA) is 68.8 Å². The number of morpholine rings is 1. The molecule has 1 aliphatic carbocycles. The van der Waals surface area contributed by atoms with Gasteiger partial charge in [0, 0.05) is 25.0 Å². The second kappa shape index (κ2) is 8.46. The van der Waals surface area contributed by atoms with Gasteiger partial charge in [0.1, 0.15) is 6.10 Å². The molecule has 0 aromatic heterocycles. The maximum absolute atomic E-state index is 12.5. The summed E-state index contributed by atoms with van der Waals surface area (Å²) in [6, 6.07) is 6.21. The van der Waals surface area contributed by atoms with Crippen LogP contribution in [0.1, 0.15) is 37.7 Å². The van der Waals surface area contributed by atoms with Gasteiger partial charge in [0.25, 0.3) is 0 Å². The molecule has 1 saturated carbocycles. The number of hydrogen-bond acceptors (Lipinski definition) is 5. The van der Waals surface area contributed by atoms with E-state index in [0.29, 0.717) is 19.7 Å². The summed E-state index contributed by atoms with van der Waals surface area (Å²) >= 11 is 0. The van der Waals surface area contributed by atoms with E-state index < -0.39 is 0 Å². The van der Waals surface area contributed by atoms with Crippen molar-refractivity contribution in [2.45, 2.75) is 43.6 Å². The zero-order chi connectivity index (χ0) is 17.1. The maximum atomic E-state index is 12.5. The zero-order valence-electron chi connectivity index (χ0n) is 14.9. The largest absolute Gasteiger partial charge is 0.454 e. The highest BCUT2D eigenvalue weighted by atomic mass is 35.5. The van der Waals surface area contributed by atoms with E-state index in [-0.39, 0.29) is 36.6 Å². The summed E-state index contributed by atoms with van der Waals surface area (Å²) in [5.74, 6) is 1.60. The fourth-order valence-corrected chi connectivity index (χ4v) is 4.13. The lowest BCUT2D eigenvalue weighted by atomic mass is 9.69. The van der Waals surface area contributed by atoms with Crippen molar-refractivity contribution in [1.82, 2.24) is 10.6 Å². The Morgan fingerprint density at radius 3 is 2.77 bits per heavy atom. The van der Waals surface area contributed by atoms with Gasteiger partial charge in [0.2, 0.25) is 12.7 Å². The van der Waals surface area contributed by atoms with Gasteiger partial charge in [0.15, 0.2) is 11.5 Å². The standard InChI is InChI=1S/C19H26N2O4.ClH/c22-18(17-11-20-8-9-23-17)21-12-19(6-2-1-3-7-19)14-4-5-15-16(10-14)25-13-24-15;/h4-5,10,17,20H,1-3,6-9,11-13H2,(H,21,22);1H. The van der Waals surface area contributed by atoms with Crippen molar-refractivity contribution in [2.24, 2.45) is 0 Å². The molecule has 2 fully saturated rings. The number of amides is 1. The van der Waals surface area contributed by atoms with Gasteiger partial charge in [-0.1, -0.05) is 25.3 Å². The lowest BCUT2D eigenvalue weighted by Crippen LogP contribution is -2.51. The molecule has 26 heavy (non-hydrogen) atoms. The summed E-state index contributed by atoms with van der Waals surface area (Å²) in [4.78, 5) is 12.5. The Balaban J connectivity index is 0.00000196. The molecule has 1 amide bonds. The minimum absolute atomic E-state index is 0. The number of carbonyl (C=O) groups is 1. The van der Waals surface area contributed by atoms with E-state index in [4.69, 9.17) is 14.2 Å². The molecular formula is C19H27ClN2O4.